The Kier molecular flexibility index (Phi) is 4.72. The summed E-state index contributed by atoms with van der Waals surface area (Å²) in [5, 5.41) is 12.0. The first kappa shape index (κ1) is 13.0. The van der Waals surface area contributed by atoms with Crippen LogP contribution in [0.3, 0.4) is 0 Å². The smallest absolute Gasteiger partial charge is 0.141 e. The average molecular weight is 241 g/mol. The van der Waals surface area contributed by atoms with Gasteiger partial charge >= 0.3 is 0 Å². The van der Waals surface area contributed by atoms with Crippen LogP contribution in [0.2, 0.25) is 5.02 Å². The van der Waals surface area contributed by atoms with Crippen LogP contribution in [0.15, 0.2) is 18.2 Å². The molecule has 0 heterocycles. The zero-order valence-corrected chi connectivity index (χ0v) is 10.1. The molecule has 1 rings (SSSR count). The molecule has 0 aliphatic heterocycles. The van der Waals surface area contributed by atoms with Crippen molar-refractivity contribution in [1.82, 2.24) is 5.32 Å². The lowest BCUT2D eigenvalue weighted by Gasteiger charge is -2.15. The van der Waals surface area contributed by atoms with E-state index >= 15 is 0 Å². The molecule has 16 heavy (non-hydrogen) atoms. The molecule has 0 amide bonds. The summed E-state index contributed by atoms with van der Waals surface area (Å²) in [4.78, 5) is 0. The summed E-state index contributed by atoms with van der Waals surface area (Å²) < 4.78 is 12.9. The first-order valence-corrected chi connectivity index (χ1v) is 5.50. The lowest BCUT2D eigenvalue weighted by Crippen LogP contribution is -2.23. The molecule has 2 atom stereocenters. The van der Waals surface area contributed by atoms with Crippen molar-refractivity contribution in [2.45, 2.75) is 19.9 Å². The molecule has 0 aliphatic carbocycles. The van der Waals surface area contributed by atoms with Crippen molar-refractivity contribution in [1.29, 1.82) is 5.26 Å². The zero-order chi connectivity index (χ0) is 12.1. The van der Waals surface area contributed by atoms with Gasteiger partial charge in [0.05, 0.1) is 17.0 Å². The summed E-state index contributed by atoms with van der Waals surface area (Å²) in [6.07, 6.45) is 0. The van der Waals surface area contributed by atoms with E-state index in [1.807, 2.05) is 13.8 Å². The van der Waals surface area contributed by atoms with Gasteiger partial charge in [-0.2, -0.15) is 5.26 Å². The van der Waals surface area contributed by atoms with Crippen LogP contribution >= 0.6 is 11.6 Å². The molecule has 0 saturated carbocycles. The van der Waals surface area contributed by atoms with Gasteiger partial charge in [-0.1, -0.05) is 17.7 Å². The molecule has 1 aromatic rings. The van der Waals surface area contributed by atoms with Crippen LogP contribution in [0.4, 0.5) is 4.39 Å². The monoisotopic (exact) mass is 240 g/mol. The lowest BCUT2D eigenvalue weighted by molar-refractivity contribution is 0.526. The Hall–Kier alpha value is -1.11. The molecule has 0 fully saturated rings. The maximum absolute atomic E-state index is 12.9. The number of hydrogen-bond acceptors (Lipinski definition) is 2. The largest absolute Gasteiger partial charge is 0.309 e. The molecule has 0 aliphatic rings. The number of benzene rings is 1. The van der Waals surface area contributed by atoms with Gasteiger partial charge < -0.3 is 5.32 Å². The number of nitrogens with zero attached hydrogens (tertiary/aromatic N) is 1. The van der Waals surface area contributed by atoms with Crippen LogP contribution in [0.1, 0.15) is 25.5 Å². The Labute approximate surface area is 100 Å². The summed E-state index contributed by atoms with van der Waals surface area (Å²) in [5.41, 5.74) is 0.913. The number of hydrogen-bond donors (Lipinski definition) is 1. The van der Waals surface area contributed by atoms with Crippen LogP contribution < -0.4 is 5.32 Å². The standard InChI is InChI=1S/C12H14ClFN2/c1-8(6-15)7-16-9(2)10-3-4-12(14)11(13)5-10/h3-5,8-9,16H,7H2,1-2H3. The Bertz CT molecular complexity index is 400. The first-order chi connectivity index (χ1) is 7.54. The highest BCUT2D eigenvalue weighted by Crippen LogP contribution is 2.20. The zero-order valence-electron chi connectivity index (χ0n) is 9.30. The molecule has 86 valence electrons. The third-order valence-electron chi connectivity index (χ3n) is 2.39. The van der Waals surface area contributed by atoms with Gasteiger partial charge in [0.1, 0.15) is 5.82 Å². The van der Waals surface area contributed by atoms with Gasteiger partial charge in [0.2, 0.25) is 0 Å². The lowest BCUT2D eigenvalue weighted by atomic mass is 10.1. The Balaban J connectivity index is 2.63. The fourth-order valence-corrected chi connectivity index (χ4v) is 1.49. The van der Waals surface area contributed by atoms with E-state index in [-0.39, 0.29) is 17.0 Å². The minimum absolute atomic E-state index is 0.0432. The highest BCUT2D eigenvalue weighted by molar-refractivity contribution is 6.30. The number of nitriles is 1. The quantitative estimate of drug-likeness (QED) is 0.877. The summed E-state index contributed by atoms with van der Waals surface area (Å²) in [6.45, 7) is 4.40. The SMILES string of the molecule is CC(C#N)CNC(C)c1ccc(F)c(Cl)c1. The molecule has 0 aromatic heterocycles. The summed E-state index contributed by atoms with van der Waals surface area (Å²) in [5.74, 6) is -0.457. The highest BCUT2D eigenvalue weighted by Gasteiger charge is 2.09. The van der Waals surface area contributed by atoms with Gasteiger partial charge in [-0.05, 0) is 31.5 Å². The van der Waals surface area contributed by atoms with Crippen molar-refractivity contribution in [3.05, 3.63) is 34.6 Å². The molecule has 0 radical (unpaired) electrons. The minimum atomic E-state index is -0.414. The van der Waals surface area contributed by atoms with E-state index in [9.17, 15) is 4.39 Å². The van der Waals surface area contributed by atoms with Crippen molar-refractivity contribution >= 4 is 11.6 Å². The maximum atomic E-state index is 12.9. The molecular weight excluding hydrogens is 227 g/mol. The molecular formula is C12H14ClFN2. The number of halogens is 2. The van der Waals surface area contributed by atoms with Crippen molar-refractivity contribution in [2.24, 2.45) is 5.92 Å². The third-order valence-corrected chi connectivity index (χ3v) is 2.68. The first-order valence-electron chi connectivity index (χ1n) is 5.12. The third kappa shape index (κ3) is 3.48. The molecule has 2 unspecified atom stereocenters. The normalized spacial score (nSPS) is 14.2. The predicted molar refractivity (Wildman–Crippen MR) is 62.6 cm³/mol. The fourth-order valence-electron chi connectivity index (χ4n) is 1.30. The topological polar surface area (TPSA) is 35.8 Å². The average Bonchev–Trinajstić information content (AvgIpc) is 2.29. The fraction of sp³-hybridized carbons (Fsp3) is 0.417. The minimum Gasteiger partial charge on any atom is -0.309 e. The Morgan fingerprint density at radius 2 is 2.19 bits per heavy atom. The van der Waals surface area contributed by atoms with Crippen LogP contribution in [0.25, 0.3) is 0 Å². The van der Waals surface area contributed by atoms with Gasteiger partial charge in [0, 0.05) is 12.6 Å². The van der Waals surface area contributed by atoms with E-state index in [0.29, 0.717) is 6.54 Å². The molecule has 0 saturated heterocycles. The van der Waals surface area contributed by atoms with Gasteiger partial charge in [-0.25, -0.2) is 4.39 Å². The van der Waals surface area contributed by atoms with Crippen LogP contribution in [0, 0.1) is 23.1 Å². The summed E-state index contributed by atoms with van der Waals surface area (Å²) >= 11 is 5.69. The summed E-state index contributed by atoms with van der Waals surface area (Å²) in [7, 11) is 0. The van der Waals surface area contributed by atoms with E-state index in [2.05, 4.69) is 11.4 Å². The highest BCUT2D eigenvalue weighted by atomic mass is 35.5. The van der Waals surface area contributed by atoms with Crippen molar-refractivity contribution in [2.75, 3.05) is 6.54 Å². The predicted octanol–water partition coefficient (Wildman–Crippen LogP) is 3.29. The van der Waals surface area contributed by atoms with Gasteiger partial charge in [0.15, 0.2) is 0 Å². The molecule has 0 spiro atoms. The second kappa shape index (κ2) is 5.83. The van der Waals surface area contributed by atoms with Gasteiger partial charge in [-0.15, -0.1) is 0 Å². The van der Waals surface area contributed by atoms with E-state index < -0.39 is 5.82 Å². The molecule has 1 aromatic carbocycles. The van der Waals surface area contributed by atoms with Crippen LogP contribution in [0.5, 0.6) is 0 Å². The van der Waals surface area contributed by atoms with E-state index in [1.165, 1.54) is 6.07 Å². The number of rotatable bonds is 4. The number of nitrogens with one attached hydrogen (secondary N) is 1. The van der Waals surface area contributed by atoms with E-state index in [0.717, 1.165) is 5.56 Å². The molecule has 4 heteroatoms. The second-order valence-corrected chi connectivity index (χ2v) is 4.24. The molecule has 0 bridgehead atoms. The van der Waals surface area contributed by atoms with Crippen molar-refractivity contribution in [3.8, 4) is 6.07 Å². The van der Waals surface area contributed by atoms with Crippen molar-refractivity contribution in [3.63, 3.8) is 0 Å². The maximum Gasteiger partial charge on any atom is 0.141 e. The Morgan fingerprint density at radius 1 is 1.50 bits per heavy atom. The van der Waals surface area contributed by atoms with Crippen LogP contribution in [-0.2, 0) is 0 Å². The summed E-state index contributed by atoms with van der Waals surface area (Å²) in [6, 6.07) is 6.84. The van der Waals surface area contributed by atoms with Gasteiger partial charge in [-0.3, -0.25) is 0 Å². The second-order valence-electron chi connectivity index (χ2n) is 3.83. The van der Waals surface area contributed by atoms with E-state index in [1.54, 1.807) is 12.1 Å². The van der Waals surface area contributed by atoms with E-state index in [4.69, 9.17) is 16.9 Å². The Morgan fingerprint density at radius 3 is 2.75 bits per heavy atom. The molecule has 2 nitrogen and oxygen atoms in total. The van der Waals surface area contributed by atoms with Crippen molar-refractivity contribution < 1.29 is 4.39 Å². The molecule has 1 N–H and O–H groups in total. The van der Waals surface area contributed by atoms with Gasteiger partial charge in [0.25, 0.3) is 0 Å². The van der Waals surface area contributed by atoms with Crippen LogP contribution in [-0.4, -0.2) is 6.54 Å².